The van der Waals surface area contributed by atoms with Crippen LogP contribution in [0.15, 0.2) is 48.5 Å². The molecule has 1 fully saturated rings. The SMILES string of the molecule is O=C(NCC1CC1C(=O)N[C@@H](CO)C(=O)O)OCC1c2ccccc2-c2ccccc21. The summed E-state index contributed by atoms with van der Waals surface area (Å²) in [6, 6.07) is 14.8. The average Bonchev–Trinajstić information content (AvgIpc) is 3.49. The number of aliphatic hydroxyl groups excluding tert-OH is 1. The lowest BCUT2D eigenvalue weighted by molar-refractivity contribution is -0.143. The molecule has 2 aliphatic rings. The third-order valence-corrected chi connectivity index (χ3v) is 5.91. The van der Waals surface area contributed by atoms with E-state index in [9.17, 15) is 14.4 Å². The minimum Gasteiger partial charge on any atom is -0.480 e. The molecule has 0 heterocycles. The van der Waals surface area contributed by atoms with Crippen LogP contribution in [0.25, 0.3) is 11.1 Å². The fourth-order valence-electron chi connectivity index (χ4n) is 4.12. The summed E-state index contributed by atoms with van der Waals surface area (Å²) in [6.07, 6.45) is -0.000494. The minimum absolute atomic E-state index is 0.0240. The Bertz CT molecular complexity index is 962. The molecule has 0 bridgehead atoms. The van der Waals surface area contributed by atoms with E-state index >= 15 is 0 Å². The van der Waals surface area contributed by atoms with Gasteiger partial charge < -0.3 is 25.6 Å². The second-order valence-electron chi connectivity index (χ2n) is 7.89. The number of carbonyl (C=O) groups is 3. The maximum Gasteiger partial charge on any atom is 0.407 e. The number of carboxylic acids is 1. The number of fused-ring (bicyclic) bond motifs is 3. The first-order valence-electron chi connectivity index (χ1n) is 10.2. The van der Waals surface area contributed by atoms with Crippen LogP contribution < -0.4 is 10.6 Å². The van der Waals surface area contributed by atoms with Gasteiger partial charge in [0.15, 0.2) is 0 Å². The van der Waals surface area contributed by atoms with Gasteiger partial charge in [-0.25, -0.2) is 9.59 Å². The topological polar surface area (TPSA) is 125 Å². The largest absolute Gasteiger partial charge is 0.480 e. The lowest BCUT2D eigenvalue weighted by Gasteiger charge is -2.14. The number of carbonyl (C=O) groups excluding carboxylic acids is 2. The summed E-state index contributed by atoms with van der Waals surface area (Å²) < 4.78 is 5.47. The monoisotopic (exact) mass is 424 g/mol. The number of rotatable bonds is 8. The molecule has 0 aromatic heterocycles. The van der Waals surface area contributed by atoms with E-state index in [-0.39, 0.29) is 30.9 Å². The number of hydrogen-bond donors (Lipinski definition) is 4. The zero-order valence-corrected chi connectivity index (χ0v) is 16.8. The van der Waals surface area contributed by atoms with Gasteiger partial charge in [0.1, 0.15) is 12.6 Å². The van der Waals surface area contributed by atoms with Crippen molar-refractivity contribution in [1.29, 1.82) is 0 Å². The van der Waals surface area contributed by atoms with Crippen molar-refractivity contribution in [3.05, 3.63) is 59.7 Å². The first-order chi connectivity index (χ1) is 15.0. The minimum atomic E-state index is -1.32. The Kier molecular flexibility index (Phi) is 5.90. The van der Waals surface area contributed by atoms with Crippen LogP contribution >= 0.6 is 0 Å². The summed E-state index contributed by atoms with van der Waals surface area (Å²) in [5, 5.41) is 22.9. The molecule has 0 radical (unpaired) electrons. The van der Waals surface area contributed by atoms with Gasteiger partial charge in [0.05, 0.1) is 6.61 Å². The number of aliphatic hydroxyl groups is 1. The van der Waals surface area contributed by atoms with Crippen molar-refractivity contribution in [2.45, 2.75) is 18.4 Å². The lowest BCUT2D eigenvalue weighted by atomic mass is 9.98. The molecule has 8 heteroatoms. The number of aliphatic carboxylic acids is 1. The van der Waals surface area contributed by atoms with Gasteiger partial charge in [-0.1, -0.05) is 48.5 Å². The van der Waals surface area contributed by atoms with Gasteiger partial charge in [0.25, 0.3) is 0 Å². The van der Waals surface area contributed by atoms with Gasteiger partial charge in [-0.3, -0.25) is 4.79 Å². The third kappa shape index (κ3) is 4.39. The van der Waals surface area contributed by atoms with Gasteiger partial charge in [0.2, 0.25) is 5.91 Å². The zero-order valence-electron chi connectivity index (χ0n) is 16.8. The molecule has 1 saturated carbocycles. The van der Waals surface area contributed by atoms with Gasteiger partial charge in [-0.2, -0.15) is 0 Å². The van der Waals surface area contributed by atoms with Gasteiger partial charge in [-0.05, 0) is 34.6 Å². The van der Waals surface area contributed by atoms with Crippen molar-refractivity contribution in [2.24, 2.45) is 11.8 Å². The van der Waals surface area contributed by atoms with Crippen molar-refractivity contribution in [3.8, 4) is 11.1 Å². The molecule has 0 aliphatic heterocycles. The molecule has 4 rings (SSSR count). The molecule has 2 aliphatic carbocycles. The number of nitrogens with one attached hydrogen (secondary N) is 2. The highest BCUT2D eigenvalue weighted by Crippen LogP contribution is 2.44. The highest BCUT2D eigenvalue weighted by atomic mass is 16.5. The molecular formula is C23H24N2O6. The van der Waals surface area contributed by atoms with E-state index in [1.165, 1.54) is 0 Å². The standard InChI is InChI=1S/C23H24N2O6/c26-11-20(22(28)29)25-21(27)18-9-13(18)10-24-23(30)31-12-19-16-7-3-1-5-14(16)15-6-2-4-8-17(15)19/h1-8,13,18-20,26H,9-12H2,(H,24,30)(H,25,27)(H,28,29)/t13?,18?,20-/m0/s1. The Balaban J connectivity index is 1.26. The number of ether oxygens (including phenoxy) is 1. The number of carboxylic acid groups (broad SMARTS) is 1. The Morgan fingerprint density at radius 2 is 1.65 bits per heavy atom. The zero-order chi connectivity index (χ0) is 22.0. The van der Waals surface area contributed by atoms with Crippen molar-refractivity contribution in [3.63, 3.8) is 0 Å². The van der Waals surface area contributed by atoms with Crippen LogP contribution in [0.4, 0.5) is 4.79 Å². The first-order valence-corrected chi connectivity index (χ1v) is 10.2. The second-order valence-corrected chi connectivity index (χ2v) is 7.89. The molecule has 0 spiro atoms. The van der Waals surface area contributed by atoms with Gasteiger partial charge in [-0.15, -0.1) is 0 Å². The lowest BCUT2D eigenvalue weighted by Crippen LogP contribution is -2.44. The summed E-state index contributed by atoms with van der Waals surface area (Å²) in [5.41, 5.74) is 4.57. The van der Waals surface area contributed by atoms with E-state index in [0.717, 1.165) is 22.3 Å². The van der Waals surface area contributed by atoms with E-state index in [1.54, 1.807) is 0 Å². The second kappa shape index (κ2) is 8.77. The molecule has 162 valence electrons. The quantitative estimate of drug-likeness (QED) is 0.511. The normalized spacial score (nSPS) is 19.6. The Morgan fingerprint density at radius 3 is 2.23 bits per heavy atom. The molecule has 4 N–H and O–H groups in total. The Hall–Kier alpha value is -3.39. The predicted octanol–water partition coefficient (Wildman–Crippen LogP) is 1.72. The maximum absolute atomic E-state index is 12.2. The number of alkyl carbamates (subject to hydrolysis) is 1. The molecule has 2 amide bonds. The number of amides is 2. The average molecular weight is 424 g/mol. The van der Waals surface area contributed by atoms with Crippen LogP contribution in [0.1, 0.15) is 23.5 Å². The van der Waals surface area contributed by atoms with Gasteiger partial charge in [0, 0.05) is 18.4 Å². The summed E-state index contributed by atoms with van der Waals surface area (Å²) in [6.45, 7) is -0.187. The fraction of sp³-hybridized carbons (Fsp3) is 0.348. The molecule has 8 nitrogen and oxygen atoms in total. The van der Waals surface area contributed by atoms with Crippen LogP contribution in [0.5, 0.6) is 0 Å². The van der Waals surface area contributed by atoms with E-state index in [4.69, 9.17) is 14.9 Å². The smallest absolute Gasteiger partial charge is 0.407 e. The van der Waals surface area contributed by atoms with Crippen LogP contribution in [0.3, 0.4) is 0 Å². The molecule has 2 aromatic rings. The highest BCUT2D eigenvalue weighted by Gasteiger charge is 2.44. The van der Waals surface area contributed by atoms with Gasteiger partial charge >= 0.3 is 12.1 Å². The molecular weight excluding hydrogens is 400 g/mol. The molecule has 2 aromatic carbocycles. The highest BCUT2D eigenvalue weighted by molar-refractivity contribution is 5.87. The molecule has 0 saturated heterocycles. The van der Waals surface area contributed by atoms with Crippen molar-refractivity contribution in [2.75, 3.05) is 19.8 Å². The van der Waals surface area contributed by atoms with E-state index < -0.39 is 30.6 Å². The van der Waals surface area contributed by atoms with Crippen LogP contribution in [-0.2, 0) is 14.3 Å². The molecule has 31 heavy (non-hydrogen) atoms. The van der Waals surface area contributed by atoms with E-state index in [1.807, 2.05) is 36.4 Å². The summed E-state index contributed by atoms with van der Waals surface area (Å²) >= 11 is 0. The van der Waals surface area contributed by atoms with Crippen LogP contribution in [-0.4, -0.2) is 54.0 Å². The summed E-state index contributed by atoms with van der Waals surface area (Å²) in [5.74, 6) is -2.19. The van der Waals surface area contributed by atoms with E-state index in [2.05, 4.69) is 22.8 Å². The Morgan fingerprint density at radius 1 is 1.03 bits per heavy atom. The number of benzene rings is 2. The molecule has 2 unspecified atom stereocenters. The van der Waals surface area contributed by atoms with Crippen LogP contribution in [0, 0.1) is 11.8 Å². The number of hydrogen-bond acceptors (Lipinski definition) is 5. The van der Waals surface area contributed by atoms with Crippen molar-refractivity contribution < 1.29 is 29.3 Å². The third-order valence-electron chi connectivity index (χ3n) is 5.91. The van der Waals surface area contributed by atoms with Crippen LogP contribution in [0.2, 0.25) is 0 Å². The Labute approximate surface area is 179 Å². The fourth-order valence-corrected chi connectivity index (χ4v) is 4.12. The predicted molar refractivity (Wildman–Crippen MR) is 111 cm³/mol. The summed E-state index contributed by atoms with van der Waals surface area (Å²) in [7, 11) is 0. The molecule has 3 atom stereocenters. The van der Waals surface area contributed by atoms with Crippen molar-refractivity contribution in [1.82, 2.24) is 10.6 Å². The first kappa shape index (κ1) is 20.9. The van der Waals surface area contributed by atoms with E-state index in [0.29, 0.717) is 6.42 Å². The van der Waals surface area contributed by atoms with Crippen molar-refractivity contribution >= 4 is 18.0 Å². The maximum atomic E-state index is 12.2. The summed E-state index contributed by atoms with van der Waals surface area (Å²) in [4.78, 5) is 35.1.